The van der Waals surface area contributed by atoms with E-state index in [1.807, 2.05) is 6.92 Å². The number of hydrogen-bond acceptors (Lipinski definition) is 2. The minimum absolute atomic E-state index is 0.0583. The number of carbonyl (C=O) groups is 1. The highest BCUT2D eigenvalue weighted by Crippen LogP contribution is 2.17. The van der Waals surface area contributed by atoms with Gasteiger partial charge >= 0.3 is 0 Å². The average Bonchev–Trinajstić information content (AvgIpc) is 2.26. The van der Waals surface area contributed by atoms with Gasteiger partial charge in [-0.3, -0.25) is 4.79 Å². The number of amides is 1. The molecule has 16 heavy (non-hydrogen) atoms. The first-order chi connectivity index (χ1) is 7.54. The molecule has 1 rings (SSSR count). The van der Waals surface area contributed by atoms with Crippen LogP contribution in [0.4, 0.5) is 4.39 Å². The molecule has 1 aromatic carbocycles. The fraction of sp³-hybridized carbons (Fsp3) is 0.250. The van der Waals surface area contributed by atoms with Crippen molar-refractivity contribution in [3.63, 3.8) is 0 Å². The Morgan fingerprint density at radius 3 is 2.81 bits per heavy atom. The molecule has 0 heterocycles. The van der Waals surface area contributed by atoms with Gasteiger partial charge in [-0.1, -0.05) is 12.2 Å². The van der Waals surface area contributed by atoms with E-state index < -0.39 is 5.82 Å². The molecule has 1 N–H and O–H groups in total. The quantitative estimate of drug-likeness (QED) is 0.794. The third-order valence-corrected chi connectivity index (χ3v) is 1.96. The monoisotopic (exact) mass is 223 g/mol. The fourth-order valence-electron chi connectivity index (χ4n) is 1.13. The Labute approximate surface area is 93.9 Å². The van der Waals surface area contributed by atoms with Gasteiger partial charge in [-0.2, -0.15) is 0 Å². The van der Waals surface area contributed by atoms with Crippen molar-refractivity contribution in [2.45, 2.75) is 6.92 Å². The summed E-state index contributed by atoms with van der Waals surface area (Å²) < 4.78 is 17.9. The number of rotatable bonds is 4. The molecule has 1 aromatic rings. The zero-order chi connectivity index (χ0) is 12.1. The summed E-state index contributed by atoms with van der Waals surface area (Å²) in [4.78, 5) is 11.6. The summed E-state index contributed by atoms with van der Waals surface area (Å²) in [5.41, 5.74) is 1.21. The van der Waals surface area contributed by atoms with E-state index in [9.17, 15) is 9.18 Å². The van der Waals surface area contributed by atoms with Gasteiger partial charge in [-0.05, 0) is 25.1 Å². The lowest BCUT2D eigenvalue weighted by Gasteiger charge is -2.07. The van der Waals surface area contributed by atoms with E-state index >= 15 is 0 Å². The van der Waals surface area contributed by atoms with Crippen LogP contribution in [0, 0.1) is 5.82 Å². The van der Waals surface area contributed by atoms with Crippen molar-refractivity contribution in [1.82, 2.24) is 5.32 Å². The third kappa shape index (κ3) is 3.08. The van der Waals surface area contributed by atoms with E-state index in [-0.39, 0.29) is 11.7 Å². The molecule has 86 valence electrons. The predicted molar refractivity (Wildman–Crippen MR) is 60.1 cm³/mol. The van der Waals surface area contributed by atoms with Crippen LogP contribution in [0.3, 0.4) is 0 Å². The maximum atomic E-state index is 13.1. The second kappa shape index (κ2) is 5.30. The molecule has 0 saturated carbocycles. The number of carbonyl (C=O) groups excluding carboxylic acids is 1. The van der Waals surface area contributed by atoms with Gasteiger partial charge in [0.15, 0.2) is 11.6 Å². The van der Waals surface area contributed by atoms with Crippen LogP contribution in [0.2, 0.25) is 0 Å². The minimum atomic E-state index is -0.487. The highest BCUT2D eigenvalue weighted by Gasteiger charge is 2.09. The smallest absolute Gasteiger partial charge is 0.251 e. The maximum Gasteiger partial charge on any atom is 0.251 e. The van der Waals surface area contributed by atoms with E-state index in [0.29, 0.717) is 12.1 Å². The van der Waals surface area contributed by atoms with Crippen LogP contribution in [-0.4, -0.2) is 19.6 Å². The van der Waals surface area contributed by atoms with Gasteiger partial charge in [0.1, 0.15) is 0 Å². The van der Waals surface area contributed by atoms with Crippen molar-refractivity contribution in [2.24, 2.45) is 0 Å². The van der Waals surface area contributed by atoms with Crippen molar-refractivity contribution in [3.05, 3.63) is 41.7 Å². The summed E-state index contributed by atoms with van der Waals surface area (Å²) in [6, 6.07) is 3.98. The normalized spacial score (nSPS) is 9.69. The highest BCUT2D eigenvalue weighted by atomic mass is 19.1. The van der Waals surface area contributed by atoms with Gasteiger partial charge in [-0.15, -0.1) is 0 Å². The Bertz CT molecular complexity index is 415. The van der Waals surface area contributed by atoms with E-state index in [1.54, 1.807) is 0 Å². The van der Waals surface area contributed by atoms with E-state index in [0.717, 1.165) is 5.57 Å². The Balaban J connectivity index is 2.80. The summed E-state index contributed by atoms with van der Waals surface area (Å²) in [5, 5.41) is 2.65. The molecular formula is C12H14FNO2. The molecule has 0 aliphatic heterocycles. The standard InChI is InChI=1S/C12H14FNO2/c1-8(2)7-14-12(15)9-4-5-10(13)11(6-9)16-3/h4-6H,1,7H2,2-3H3,(H,14,15). The summed E-state index contributed by atoms with van der Waals surface area (Å²) in [6.45, 7) is 5.88. The Morgan fingerprint density at radius 2 is 2.25 bits per heavy atom. The topological polar surface area (TPSA) is 38.3 Å². The Hall–Kier alpha value is -1.84. The predicted octanol–water partition coefficient (Wildman–Crippen LogP) is 2.14. The molecule has 0 aliphatic carbocycles. The van der Waals surface area contributed by atoms with Crippen molar-refractivity contribution < 1.29 is 13.9 Å². The average molecular weight is 223 g/mol. The van der Waals surface area contributed by atoms with Gasteiger partial charge in [0.05, 0.1) is 7.11 Å². The molecule has 4 heteroatoms. The lowest BCUT2D eigenvalue weighted by atomic mass is 10.2. The van der Waals surface area contributed by atoms with Gasteiger partial charge in [0.2, 0.25) is 0 Å². The summed E-state index contributed by atoms with van der Waals surface area (Å²) in [6.07, 6.45) is 0. The Kier molecular flexibility index (Phi) is 4.05. The number of ether oxygens (including phenoxy) is 1. The van der Waals surface area contributed by atoms with E-state index in [4.69, 9.17) is 4.74 Å². The van der Waals surface area contributed by atoms with Crippen molar-refractivity contribution in [2.75, 3.05) is 13.7 Å². The number of methoxy groups -OCH3 is 1. The van der Waals surface area contributed by atoms with Crippen LogP contribution in [0.15, 0.2) is 30.4 Å². The zero-order valence-electron chi connectivity index (χ0n) is 9.34. The molecule has 0 aliphatic rings. The molecule has 0 unspecified atom stereocenters. The molecule has 0 bridgehead atoms. The van der Waals surface area contributed by atoms with Gasteiger partial charge in [-0.25, -0.2) is 4.39 Å². The molecule has 0 fully saturated rings. The molecule has 0 radical (unpaired) electrons. The summed E-state index contributed by atoms with van der Waals surface area (Å²) >= 11 is 0. The first-order valence-electron chi connectivity index (χ1n) is 4.80. The maximum absolute atomic E-state index is 13.1. The van der Waals surface area contributed by atoms with E-state index in [2.05, 4.69) is 11.9 Å². The van der Waals surface area contributed by atoms with Crippen molar-refractivity contribution in [3.8, 4) is 5.75 Å². The number of hydrogen-bond donors (Lipinski definition) is 1. The molecule has 3 nitrogen and oxygen atoms in total. The van der Waals surface area contributed by atoms with Crippen LogP contribution < -0.4 is 10.1 Å². The second-order valence-corrected chi connectivity index (χ2v) is 3.49. The van der Waals surface area contributed by atoms with Gasteiger partial charge in [0.25, 0.3) is 5.91 Å². The minimum Gasteiger partial charge on any atom is -0.494 e. The van der Waals surface area contributed by atoms with Crippen LogP contribution in [0.1, 0.15) is 17.3 Å². The SMILES string of the molecule is C=C(C)CNC(=O)c1ccc(F)c(OC)c1. The second-order valence-electron chi connectivity index (χ2n) is 3.49. The van der Waals surface area contributed by atoms with Gasteiger partial charge < -0.3 is 10.1 Å². The number of benzene rings is 1. The van der Waals surface area contributed by atoms with Crippen LogP contribution in [0.5, 0.6) is 5.75 Å². The highest BCUT2D eigenvalue weighted by molar-refractivity contribution is 5.94. The zero-order valence-corrected chi connectivity index (χ0v) is 9.34. The molecule has 0 saturated heterocycles. The van der Waals surface area contributed by atoms with Crippen LogP contribution >= 0.6 is 0 Å². The van der Waals surface area contributed by atoms with E-state index in [1.165, 1.54) is 25.3 Å². The van der Waals surface area contributed by atoms with Crippen LogP contribution in [-0.2, 0) is 0 Å². The molecule has 1 amide bonds. The first-order valence-corrected chi connectivity index (χ1v) is 4.80. The fourth-order valence-corrected chi connectivity index (χ4v) is 1.13. The molecular weight excluding hydrogens is 209 g/mol. The lowest BCUT2D eigenvalue weighted by Crippen LogP contribution is -2.24. The van der Waals surface area contributed by atoms with Crippen LogP contribution in [0.25, 0.3) is 0 Å². The largest absolute Gasteiger partial charge is 0.494 e. The number of halogens is 1. The van der Waals surface area contributed by atoms with Crippen molar-refractivity contribution in [1.29, 1.82) is 0 Å². The third-order valence-electron chi connectivity index (χ3n) is 1.96. The Morgan fingerprint density at radius 1 is 1.56 bits per heavy atom. The summed E-state index contributed by atoms with van der Waals surface area (Å²) in [5.74, 6) is -0.705. The van der Waals surface area contributed by atoms with Gasteiger partial charge in [0, 0.05) is 12.1 Å². The molecule has 0 atom stereocenters. The first kappa shape index (κ1) is 12.2. The lowest BCUT2D eigenvalue weighted by molar-refractivity contribution is 0.0956. The summed E-state index contributed by atoms with van der Waals surface area (Å²) in [7, 11) is 1.36. The van der Waals surface area contributed by atoms with Crippen molar-refractivity contribution >= 4 is 5.91 Å². The number of nitrogens with one attached hydrogen (secondary N) is 1. The molecule has 0 aromatic heterocycles. The molecule has 0 spiro atoms.